The van der Waals surface area contributed by atoms with Gasteiger partial charge in [0.2, 0.25) is 0 Å². The SMILES string of the molecule is COc1cc(C)nc(CN(C)C(C)CN)c1.Cl. The van der Waals surface area contributed by atoms with Crippen molar-refractivity contribution in [2.45, 2.75) is 26.4 Å². The van der Waals surface area contributed by atoms with Crippen LogP contribution in [0.4, 0.5) is 0 Å². The number of nitrogens with zero attached hydrogens (tertiary/aromatic N) is 2. The first-order valence-corrected chi connectivity index (χ1v) is 5.48. The third kappa shape index (κ3) is 4.89. The van der Waals surface area contributed by atoms with Crippen LogP contribution in [0.15, 0.2) is 12.1 Å². The fraction of sp³-hybridized carbons (Fsp3) is 0.583. The van der Waals surface area contributed by atoms with Gasteiger partial charge in [-0.3, -0.25) is 9.88 Å². The molecule has 0 amide bonds. The van der Waals surface area contributed by atoms with E-state index in [9.17, 15) is 0 Å². The van der Waals surface area contributed by atoms with Crippen molar-refractivity contribution >= 4 is 12.4 Å². The van der Waals surface area contributed by atoms with Crippen LogP contribution in [0.5, 0.6) is 5.75 Å². The molecular formula is C12H22ClN3O. The summed E-state index contributed by atoms with van der Waals surface area (Å²) in [7, 11) is 3.72. The van der Waals surface area contributed by atoms with Crippen LogP contribution in [0.1, 0.15) is 18.3 Å². The molecule has 0 radical (unpaired) electrons. The average molecular weight is 260 g/mol. The van der Waals surface area contributed by atoms with Gasteiger partial charge in [0.25, 0.3) is 0 Å². The van der Waals surface area contributed by atoms with E-state index in [0.29, 0.717) is 12.6 Å². The van der Waals surface area contributed by atoms with Crippen molar-refractivity contribution in [2.75, 3.05) is 20.7 Å². The van der Waals surface area contributed by atoms with Gasteiger partial charge in [-0.1, -0.05) is 0 Å². The number of aryl methyl sites for hydroxylation is 1. The highest BCUT2D eigenvalue weighted by Crippen LogP contribution is 2.14. The van der Waals surface area contributed by atoms with Gasteiger partial charge in [-0.15, -0.1) is 12.4 Å². The Morgan fingerprint density at radius 1 is 1.47 bits per heavy atom. The van der Waals surface area contributed by atoms with E-state index in [1.165, 1.54) is 0 Å². The maximum absolute atomic E-state index is 5.63. The first-order chi connectivity index (χ1) is 7.56. The maximum Gasteiger partial charge on any atom is 0.122 e. The number of hydrogen-bond donors (Lipinski definition) is 1. The van der Waals surface area contributed by atoms with Crippen molar-refractivity contribution in [3.05, 3.63) is 23.5 Å². The van der Waals surface area contributed by atoms with E-state index in [1.807, 2.05) is 26.1 Å². The normalized spacial score (nSPS) is 12.1. The smallest absolute Gasteiger partial charge is 0.122 e. The largest absolute Gasteiger partial charge is 0.497 e. The fourth-order valence-corrected chi connectivity index (χ4v) is 1.49. The summed E-state index contributed by atoms with van der Waals surface area (Å²) < 4.78 is 5.22. The van der Waals surface area contributed by atoms with E-state index in [4.69, 9.17) is 10.5 Å². The Morgan fingerprint density at radius 2 is 2.12 bits per heavy atom. The summed E-state index contributed by atoms with van der Waals surface area (Å²) in [5.74, 6) is 0.858. The highest BCUT2D eigenvalue weighted by molar-refractivity contribution is 5.85. The Balaban J connectivity index is 0.00000256. The number of rotatable bonds is 5. The lowest BCUT2D eigenvalue weighted by molar-refractivity contribution is 0.251. The Labute approximate surface area is 110 Å². The van der Waals surface area contributed by atoms with Crippen LogP contribution in [-0.2, 0) is 6.54 Å². The van der Waals surface area contributed by atoms with Crippen molar-refractivity contribution in [1.29, 1.82) is 0 Å². The molecule has 0 aromatic carbocycles. The van der Waals surface area contributed by atoms with Gasteiger partial charge in [0.05, 0.1) is 12.8 Å². The third-order valence-corrected chi connectivity index (χ3v) is 2.72. The first kappa shape index (κ1) is 16.2. The molecule has 0 bridgehead atoms. The van der Waals surface area contributed by atoms with Gasteiger partial charge < -0.3 is 10.5 Å². The molecule has 0 aliphatic carbocycles. The number of aromatic nitrogens is 1. The average Bonchev–Trinajstić information content (AvgIpc) is 2.26. The van der Waals surface area contributed by atoms with Crippen molar-refractivity contribution in [3.8, 4) is 5.75 Å². The molecule has 0 aliphatic rings. The third-order valence-electron chi connectivity index (χ3n) is 2.72. The molecule has 98 valence electrons. The molecule has 1 atom stereocenters. The summed E-state index contributed by atoms with van der Waals surface area (Å²) in [4.78, 5) is 6.66. The quantitative estimate of drug-likeness (QED) is 0.873. The summed E-state index contributed by atoms with van der Waals surface area (Å²) in [5, 5.41) is 0. The van der Waals surface area contributed by atoms with E-state index in [1.54, 1.807) is 7.11 Å². The Hall–Kier alpha value is -0.840. The summed E-state index contributed by atoms with van der Waals surface area (Å²) in [6.45, 7) is 5.52. The van der Waals surface area contributed by atoms with Gasteiger partial charge in [0.15, 0.2) is 0 Å². The number of likely N-dealkylation sites (N-methyl/N-ethyl adjacent to an activating group) is 1. The minimum atomic E-state index is 0. The monoisotopic (exact) mass is 259 g/mol. The molecule has 0 saturated heterocycles. The Morgan fingerprint density at radius 3 is 2.65 bits per heavy atom. The molecule has 17 heavy (non-hydrogen) atoms. The van der Waals surface area contributed by atoms with Gasteiger partial charge >= 0.3 is 0 Å². The van der Waals surface area contributed by atoms with Crippen LogP contribution in [0.25, 0.3) is 0 Å². The molecule has 0 fully saturated rings. The molecule has 5 heteroatoms. The second kappa shape index (κ2) is 7.48. The topological polar surface area (TPSA) is 51.4 Å². The molecule has 1 rings (SSSR count). The molecule has 1 aromatic rings. The Kier molecular flexibility index (Phi) is 7.11. The van der Waals surface area contributed by atoms with Crippen LogP contribution in [0.3, 0.4) is 0 Å². The lowest BCUT2D eigenvalue weighted by Gasteiger charge is -2.23. The molecule has 1 heterocycles. The van der Waals surface area contributed by atoms with Gasteiger partial charge in [0.1, 0.15) is 5.75 Å². The molecule has 0 saturated carbocycles. The lowest BCUT2D eigenvalue weighted by Crippen LogP contribution is -2.35. The van der Waals surface area contributed by atoms with E-state index in [0.717, 1.165) is 23.7 Å². The number of nitrogens with two attached hydrogens (primary N) is 1. The van der Waals surface area contributed by atoms with Crippen molar-refractivity contribution in [3.63, 3.8) is 0 Å². The van der Waals surface area contributed by atoms with Gasteiger partial charge in [0, 0.05) is 37.0 Å². The van der Waals surface area contributed by atoms with Crippen molar-refractivity contribution in [2.24, 2.45) is 5.73 Å². The Bertz CT molecular complexity index is 347. The van der Waals surface area contributed by atoms with E-state index >= 15 is 0 Å². The van der Waals surface area contributed by atoms with Gasteiger partial charge in [-0.25, -0.2) is 0 Å². The van der Waals surface area contributed by atoms with E-state index in [-0.39, 0.29) is 12.4 Å². The van der Waals surface area contributed by atoms with Crippen LogP contribution in [-0.4, -0.2) is 36.6 Å². The van der Waals surface area contributed by atoms with E-state index < -0.39 is 0 Å². The van der Waals surface area contributed by atoms with Crippen LogP contribution in [0, 0.1) is 6.92 Å². The fourth-order valence-electron chi connectivity index (χ4n) is 1.49. The van der Waals surface area contributed by atoms with Crippen LogP contribution in [0.2, 0.25) is 0 Å². The van der Waals surface area contributed by atoms with Gasteiger partial charge in [-0.05, 0) is 20.9 Å². The summed E-state index contributed by atoms with van der Waals surface area (Å²) >= 11 is 0. The van der Waals surface area contributed by atoms with Crippen molar-refractivity contribution < 1.29 is 4.74 Å². The number of methoxy groups -OCH3 is 1. The highest BCUT2D eigenvalue weighted by atomic mass is 35.5. The van der Waals surface area contributed by atoms with Crippen molar-refractivity contribution in [1.82, 2.24) is 9.88 Å². The second-order valence-electron chi connectivity index (χ2n) is 4.14. The molecular weight excluding hydrogens is 238 g/mol. The zero-order chi connectivity index (χ0) is 12.1. The lowest BCUT2D eigenvalue weighted by atomic mass is 10.2. The predicted octanol–water partition coefficient (Wildman–Crippen LogP) is 1.60. The summed E-state index contributed by atoms with van der Waals surface area (Å²) in [6.07, 6.45) is 0. The minimum Gasteiger partial charge on any atom is -0.497 e. The summed E-state index contributed by atoms with van der Waals surface area (Å²) in [6, 6.07) is 4.25. The highest BCUT2D eigenvalue weighted by Gasteiger charge is 2.09. The first-order valence-electron chi connectivity index (χ1n) is 5.48. The zero-order valence-electron chi connectivity index (χ0n) is 10.9. The molecule has 2 N–H and O–H groups in total. The van der Waals surface area contributed by atoms with Crippen LogP contribution >= 0.6 is 12.4 Å². The predicted molar refractivity (Wildman–Crippen MR) is 72.8 cm³/mol. The summed E-state index contributed by atoms with van der Waals surface area (Å²) in [5.41, 5.74) is 7.61. The second-order valence-corrected chi connectivity index (χ2v) is 4.14. The molecule has 0 spiro atoms. The minimum absolute atomic E-state index is 0. The van der Waals surface area contributed by atoms with Gasteiger partial charge in [-0.2, -0.15) is 0 Å². The molecule has 1 aromatic heterocycles. The number of ether oxygens (including phenoxy) is 1. The standard InChI is InChI=1S/C12H21N3O.ClH/c1-9-5-12(16-4)6-11(14-9)8-15(3)10(2)7-13;/h5-6,10H,7-8,13H2,1-4H3;1H. The number of pyridine rings is 1. The molecule has 1 unspecified atom stereocenters. The number of hydrogen-bond acceptors (Lipinski definition) is 4. The molecule has 4 nitrogen and oxygen atoms in total. The van der Waals surface area contributed by atoms with Crippen LogP contribution < -0.4 is 10.5 Å². The van der Waals surface area contributed by atoms with E-state index in [2.05, 4.69) is 16.8 Å². The number of halogens is 1. The zero-order valence-corrected chi connectivity index (χ0v) is 11.8. The molecule has 0 aliphatic heterocycles. The maximum atomic E-state index is 5.63.